The third-order valence-corrected chi connectivity index (χ3v) is 7.59. The van der Waals surface area contributed by atoms with Gasteiger partial charge in [0.05, 0.1) is 39.8 Å². The second-order valence-electron chi connectivity index (χ2n) is 9.10. The van der Waals surface area contributed by atoms with Crippen molar-refractivity contribution < 1.29 is 19.3 Å². The molecule has 1 fully saturated rings. The minimum atomic E-state index is -1.04. The molecule has 37 heavy (non-hydrogen) atoms. The van der Waals surface area contributed by atoms with Gasteiger partial charge in [-0.25, -0.2) is 23.7 Å². The Labute approximate surface area is 215 Å². The lowest BCUT2D eigenvalue weighted by molar-refractivity contribution is -0.161. The second kappa shape index (κ2) is 9.38. The predicted molar refractivity (Wildman–Crippen MR) is 134 cm³/mol. The van der Waals surface area contributed by atoms with Crippen LogP contribution in [-0.4, -0.2) is 63.8 Å². The topological polar surface area (TPSA) is 124 Å². The first-order chi connectivity index (χ1) is 17.9. The molecule has 6 rings (SSSR count). The summed E-state index contributed by atoms with van der Waals surface area (Å²) >= 11 is 1.60. The van der Waals surface area contributed by atoms with Gasteiger partial charge < -0.3 is 14.9 Å². The Morgan fingerprint density at radius 2 is 2.05 bits per heavy atom. The average molecular weight is 522 g/mol. The lowest BCUT2D eigenvalue weighted by Gasteiger charge is -2.38. The zero-order chi connectivity index (χ0) is 25.7. The summed E-state index contributed by atoms with van der Waals surface area (Å²) in [5, 5.41) is 34.8. The van der Waals surface area contributed by atoms with E-state index in [1.54, 1.807) is 46.0 Å². The molecule has 1 aliphatic rings. The van der Waals surface area contributed by atoms with Crippen molar-refractivity contribution in [2.24, 2.45) is 0 Å². The number of hydrogen-bond donors (Lipinski definition) is 2. The van der Waals surface area contributed by atoms with E-state index >= 15 is 0 Å². The number of aromatic nitrogens is 7. The van der Waals surface area contributed by atoms with E-state index in [0.717, 1.165) is 20.9 Å². The summed E-state index contributed by atoms with van der Waals surface area (Å²) in [5.41, 5.74) is 3.32. The number of fused-ring (bicyclic) bond motifs is 1. The van der Waals surface area contributed by atoms with Crippen molar-refractivity contribution in [1.29, 1.82) is 0 Å². The highest BCUT2D eigenvalue weighted by Gasteiger charge is 2.41. The van der Waals surface area contributed by atoms with E-state index in [0.29, 0.717) is 29.1 Å². The van der Waals surface area contributed by atoms with Gasteiger partial charge in [-0.15, -0.1) is 16.4 Å². The molecule has 4 atom stereocenters. The van der Waals surface area contributed by atoms with E-state index in [1.807, 2.05) is 25.1 Å². The van der Waals surface area contributed by atoms with E-state index in [-0.39, 0.29) is 12.4 Å². The summed E-state index contributed by atoms with van der Waals surface area (Å²) in [7, 11) is 0. The zero-order valence-electron chi connectivity index (χ0n) is 20.1. The van der Waals surface area contributed by atoms with Crippen LogP contribution < -0.4 is 0 Å². The van der Waals surface area contributed by atoms with E-state index in [1.165, 1.54) is 12.4 Å². The first-order valence-electron chi connectivity index (χ1n) is 11.8. The summed E-state index contributed by atoms with van der Waals surface area (Å²) in [6.45, 7) is 3.27. The second-order valence-corrected chi connectivity index (χ2v) is 10.3. The SMILES string of the molecule is Cc1nc2ccc(-n3ncnc3[C@H]3C[C@@H](n4cc(-c5ccc(C)c(F)c5)nn4)[C@@H](O)[C@@H](CO)O3)cc2s1. The van der Waals surface area contributed by atoms with Crippen molar-refractivity contribution >= 4 is 21.6 Å². The molecule has 5 aromatic rings. The quantitative estimate of drug-likeness (QED) is 0.361. The van der Waals surface area contributed by atoms with Crippen LogP contribution in [0.1, 0.15) is 35.0 Å². The van der Waals surface area contributed by atoms with Crippen LogP contribution in [0.3, 0.4) is 0 Å². The number of aryl methyl sites for hydroxylation is 2. The molecule has 3 aromatic heterocycles. The van der Waals surface area contributed by atoms with Crippen LogP contribution in [-0.2, 0) is 4.74 Å². The van der Waals surface area contributed by atoms with Crippen LogP contribution in [0.4, 0.5) is 4.39 Å². The predicted octanol–water partition coefficient (Wildman–Crippen LogP) is 3.32. The van der Waals surface area contributed by atoms with Crippen molar-refractivity contribution in [3.8, 4) is 16.9 Å². The molecule has 0 unspecified atom stereocenters. The van der Waals surface area contributed by atoms with Gasteiger partial charge in [0.2, 0.25) is 0 Å². The summed E-state index contributed by atoms with van der Waals surface area (Å²) in [6.07, 6.45) is 0.928. The highest BCUT2D eigenvalue weighted by Crippen LogP contribution is 2.38. The number of rotatable bonds is 5. The van der Waals surface area contributed by atoms with Crippen LogP contribution in [0.2, 0.25) is 0 Å². The monoisotopic (exact) mass is 521 g/mol. The lowest BCUT2D eigenvalue weighted by atomic mass is 9.95. The third-order valence-electron chi connectivity index (χ3n) is 6.65. The Kier molecular flexibility index (Phi) is 6.03. The summed E-state index contributed by atoms with van der Waals surface area (Å²) in [5.74, 6) is 0.210. The highest BCUT2D eigenvalue weighted by molar-refractivity contribution is 7.18. The lowest BCUT2D eigenvalue weighted by Crippen LogP contribution is -2.45. The Morgan fingerprint density at radius 3 is 2.86 bits per heavy atom. The van der Waals surface area contributed by atoms with Crippen molar-refractivity contribution in [3.05, 3.63) is 71.1 Å². The minimum absolute atomic E-state index is 0.309. The first-order valence-corrected chi connectivity index (χ1v) is 12.6. The number of nitrogens with zero attached hydrogens (tertiary/aromatic N) is 7. The van der Waals surface area contributed by atoms with Gasteiger partial charge in [0.1, 0.15) is 36.2 Å². The molecule has 10 nitrogen and oxygen atoms in total. The number of benzene rings is 2. The van der Waals surface area contributed by atoms with Gasteiger partial charge in [-0.1, -0.05) is 17.3 Å². The van der Waals surface area contributed by atoms with Crippen molar-refractivity contribution in [1.82, 2.24) is 34.7 Å². The van der Waals surface area contributed by atoms with Crippen LogP contribution in [0.15, 0.2) is 48.9 Å². The molecule has 190 valence electrons. The Hall–Kier alpha value is -3.58. The summed E-state index contributed by atoms with van der Waals surface area (Å²) in [4.78, 5) is 8.97. The van der Waals surface area contributed by atoms with Gasteiger partial charge in [0, 0.05) is 12.0 Å². The van der Waals surface area contributed by atoms with Crippen LogP contribution in [0.25, 0.3) is 27.2 Å². The van der Waals surface area contributed by atoms with Gasteiger partial charge in [-0.05, 0) is 43.7 Å². The molecule has 2 N–H and O–H groups in total. The number of halogens is 1. The first kappa shape index (κ1) is 23.8. The maximum Gasteiger partial charge on any atom is 0.161 e. The molecule has 0 spiro atoms. The highest BCUT2D eigenvalue weighted by atomic mass is 32.1. The van der Waals surface area contributed by atoms with Crippen LogP contribution in [0.5, 0.6) is 0 Å². The van der Waals surface area contributed by atoms with Crippen molar-refractivity contribution in [2.45, 2.75) is 44.6 Å². The number of hydrogen-bond acceptors (Lipinski definition) is 9. The molecule has 12 heteroatoms. The zero-order valence-corrected chi connectivity index (χ0v) is 20.9. The number of thiazole rings is 1. The fraction of sp³-hybridized carbons (Fsp3) is 0.320. The smallest absolute Gasteiger partial charge is 0.161 e. The molecule has 0 bridgehead atoms. The molecule has 0 saturated carbocycles. The summed E-state index contributed by atoms with van der Waals surface area (Å²) in [6, 6.07) is 10.2. The van der Waals surface area contributed by atoms with E-state index < -0.39 is 24.4 Å². The largest absolute Gasteiger partial charge is 0.394 e. The van der Waals surface area contributed by atoms with Gasteiger partial charge >= 0.3 is 0 Å². The molecular weight excluding hydrogens is 497 g/mol. The summed E-state index contributed by atoms with van der Waals surface area (Å²) < 4.78 is 24.5. The Bertz CT molecular complexity index is 1580. The van der Waals surface area contributed by atoms with Gasteiger partial charge in [0.25, 0.3) is 0 Å². The molecule has 1 saturated heterocycles. The molecule has 0 amide bonds. The molecule has 4 heterocycles. The molecule has 1 aliphatic heterocycles. The maximum absolute atomic E-state index is 14.1. The molecular formula is C25H24FN7O3S. The molecule has 0 aliphatic carbocycles. The van der Waals surface area contributed by atoms with Gasteiger partial charge in [-0.3, -0.25) is 0 Å². The van der Waals surface area contributed by atoms with E-state index in [2.05, 4.69) is 25.4 Å². The number of ether oxygens (including phenoxy) is 1. The normalized spacial score (nSPS) is 22.1. The van der Waals surface area contributed by atoms with E-state index in [9.17, 15) is 14.6 Å². The Balaban J connectivity index is 1.32. The number of aliphatic hydroxyl groups excluding tert-OH is 2. The molecule has 2 aromatic carbocycles. The third kappa shape index (κ3) is 4.31. The van der Waals surface area contributed by atoms with E-state index in [4.69, 9.17) is 4.74 Å². The van der Waals surface area contributed by atoms with Crippen molar-refractivity contribution in [2.75, 3.05) is 6.61 Å². The fourth-order valence-corrected chi connectivity index (χ4v) is 5.55. The van der Waals surface area contributed by atoms with Crippen LogP contribution >= 0.6 is 11.3 Å². The Morgan fingerprint density at radius 1 is 1.19 bits per heavy atom. The van der Waals surface area contributed by atoms with Crippen LogP contribution in [0, 0.1) is 19.7 Å². The van der Waals surface area contributed by atoms with Gasteiger partial charge in [-0.2, -0.15) is 5.10 Å². The van der Waals surface area contributed by atoms with Crippen molar-refractivity contribution in [3.63, 3.8) is 0 Å². The standard InChI is InChI=1S/C25H24FN7O3S/c1-13-3-4-15(7-17(13)26)19-10-32(31-30-19)20-9-21(36-22(11-34)24(20)35)25-27-12-28-33(25)16-5-6-18-23(8-16)37-14(2)29-18/h3-8,10,12,20-22,24,34-35H,9,11H2,1-2H3/t20-,21-,22-,24-/m1/s1. The maximum atomic E-state index is 14.1. The number of aliphatic hydroxyl groups is 2. The minimum Gasteiger partial charge on any atom is -0.394 e. The fourth-order valence-electron chi connectivity index (χ4n) is 4.69. The molecule has 0 radical (unpaired) electrons. The van der Waals surface area contributed by atoms with Gasteiger partial charge in [0.15, 0.2) is 5.82 Å². The average Bonchev–Trinajstić information content (AvgIpc) is 3.64.